The van der Waals surface area contributed by atoms with Crippen LogP contribution in [0.2, 0.25) is 0 Å². The number of nitrogens with one attached hydrogen (secondary N) is 1. The molecule has 0 saturated carbocycles. The topological polar surface area (TPSA) is 37.8 Å². The highest BCUT2D eigenvalue weighted by molar-refractivity contribution is 5.37. The minimum absolute atomic E-state index is 0.0555. The van der Waals surface area contributed by atoms with Crippen molar-refractivity contribution in [1.82, 2.24) is 9.78 Å². The lowest BCUT2D eigenvalue weighted by atomic mass is 9.98. The number of aromatic amines is 1. The molecule has 3 nitrogen and oxygen atoms in total. The molecule has 0 atom stereocenters. The number of H-pyrrole nitrogens is 1. The molecule has 0 spiro atoms. The summed E-state index contributed by atoms with van der Waals surface area (Å²) in [7, 11) is 0. The SMILES string of the molecule is Cc1ccc(-n2[nH]c(=O)c(CC(C)C)c2CC(C)C)cc1. The molecule has 0 fully saturated rings. The zero-order chi connectivity index (χ0) is 15.6. The van der Waals surface area contributed by atoms with Gasteiger partial charge in [0.1, 0.15) is 0 Å². The molecule has 1 N–H and O–H groups in total. The van der Waals surface area contributed by atoms with Crippen molar-refractivity contribution in [3.63, 3.8) is 0 Å². The molecule has 0 aliphatic heterocycles. The predicted molar refractivity (Wildman–Crippen MR) is 88.2 cm³/mol. The number of hydrogen-bond donors (Lipinski definition) is 1. The average Bonchev–Trinajstić information content (AvgIpc) is 2.67. The van der Waals surface area contributed by atoms with Crippen molar-refractivity contribution in [3.8, 4) is 5.69 Å². The van der Waals surface area contributed by atoms with Crippen LogP contribution in [-0.2, 0) is 12.8 Å². The number of benzene rings is 1. The molecule has 0 aliphatic carbocycles. The lowest BCUT2D eigenvalue weighted by molar-refractivity contribution is 0.596. The first-order chi connectivity index (χ1) is 9.88. The van der Waals surface area contributed by atoms with Gasteiger partial charge in [0.15, 0.2) is 0 Å². The number of aryl methyl sites for hydroxylation is 1. The fourth-order valence-electron chi connectivity index (χ4n) is 2.64. The summed E-state index contributed by atoms with van der Waals surface area (Å²) >= 11 is 0. The van der Waals surface area contributed by atoms with Crippen LogP contribution in [0, 0.1) is 18.8 Å². The van der Waals surface area contributed by atoms with E-state index in [2.05, 4.69) is 64.0 Å². The van der Waals surface area contributed by atoms with Gasteiger partial charge in [-0.3, -0.25) is 14.6 Å². The highest BCUT2D eigenvalue weighted by atomic mass is 16.1. The molecular formula is C18H26N2O. The van der Waals surface area contributed by atoms with Crippen LogP contribution in [0.1, 0.15) is 44.5 Å². The molecule has 0 amide bonds. The van der Waals surface area contributed by atoms with Gasteiger partial charge in [0.25, 0.3) is 5.56 Å². The van der Waals surface area contributed by atoms with Crippen molar-refractivity contribution in [2.45, 2.75) is 47.5 Å². The van der Waals surface area contributed by atoms with Crippen LogP contribution in [0.3, 0.4) is 0 Å². The van der Waals surface area contributed by atoms with Crippen LogP contribution in [-0.4, -0.2) is 9.78 Å². The van der Waals surface area contributed by atoms with E-state index in [9.17, 15) is 4.79 Å². The minimum atomic E-state index is 0.0555. The Hall–Kier alpha value is -1.77. The first kappa shape index (κ1) is 15.6. The molecule has 1 heterocycles. The summed E-state index contributed by atoms with van der Waals surface area (Å²) in [6, 6.07) is 8.28. The minimum Gasteiger partial charge on any atom is -0.268 e. The molecule has 0 radical (unpaired) electrons. The van der Waals surface area contributed by atoms with Crippen LogP contribution in [0.15, 0.2) is 29.1 Å². The van der Waals surface area contributed by atoms with E-state index in [4.69, 9.17) is 0 Å². The third-order valence-corrected chi connectivity index (χ3v) is 3.61. The van der Waals surface area contributed by atoms with E-state index in [0.29, 0.717) is 11.8 Å². The van der Waals surface area contributed by atoms with Crippen molar-refractivity contribution in [2.75, 3.05) is 0 Å². The second-order valence-electron chi connectivity index (χ2n) is 6.73. The molecule has 1 aromatic carbocycles. The first-order valence-corrected chi connectivity index (χ1v) is 7.78. The van der Waals surface area contributed by atoms with E-state index in [1.807, 2.05) is 4.68 Å². The van der Waals surface area contributed by atoms with E-state index in [1.54, 1.807) is 0 Å². The fourth-order valence-corrected chi connectivity index (χ4v) is 2.64. The normalized spacial score (nSPS) is 11.6. The summed E-state index contributed by atoms with van der Waals surface area (Å²) in [4.78, 5) is 12.3. The fraction of sp³-hybridized carbons (Fsp3) is 0.500. The van der Waals surface area contributed by atoms with Crippen molar-refractivity contribution >= 4 is 0 Å². The largest absolute Gasteiger partial charge is 0.268 e. The van der Waals surface area contributed by atoms with Gasteiger partial charge < -0.3 is 0 Å². The Kier molecular flexibility index (Phi) is 4.71. The maximum Gasteiger partial charge on any atom is 0.267 e. The Bertz CT molecular complexity index is 645. The number of rotatable bonds is 5. The van der Waals surface area contributed by atoms with E-state index >= 15 is 0 Å². The molecule has 2 aromatic rings. The van der Waals surface area contributed by atoms with E-state index in [-0.39, 0.29) is 5.56 Å². The molecular weight excluding hydrogens is 260 g/mol. The predicted octanol–water partition coefficient (Wildman–Crippen LogP) is 3.87. The summed E-state index contributed by atoms with van der Waals surface area (Å²) in [6.07, 6.45) is 1.74. The monoisotopic (exact) mass is 286 g/mol. The Balaban J connectivity index is 2.54. The summed E-state index contributed by atoms with van der Waals surface area (Å²) in [6.45, 7) is 10.8. The second-order valence-corrected chi connectivity index (χ2v) is 6.73. The average molecular weight is 286 g/mol. The third kappa shape index (κ3) is 3.66. The second kappa shape index (κ2) is 6.33. The maximum atomic E-state index is 12.3. The standard InChI is InChI=1S/C18H26N2O/c1-12(2)10-16-17(11-13(3)4)20(19-18(16)21)15-8-6-14(5)7-9-15/h6-9,12-13H,10-11H2,1-5H3,(H,19,21). The van der Waals surface area contributed by atoms with Gasteiger partial charge >= 0.3 is 0 Å². The van der Waals surface area contributed by atoms with E-state index in [1.165, 1.54) is 5.56 Å². The third-order valence-electron chi connectivity index (χ3n) is 3.61. The molecule has 21 heavy (non-hydrogen) atoms. The van der Waals surface area contributed by atoms with Gasteiger partial charge in [0.05, 0.1) is 5.69 Å². The van der Waals surface area contributed by atoms with Crippen LogP contribution < -0.4 is 5.56 Å². The lowest BCUT2D eigenvalue weighted by Gasteiger charge is -2.13. The molecule has 2 rings (SSSR count). The summed E-state index contributed by atoms with van der Waals surface area (Å²) in [5, 5.41) is 3.02. The summed E-state index contributed by atoms with van der Waals surface area (Å²) < 4.78 is 1.97. The molecule has 1 aromatic heterocycles. The summed E-state index contributed by atoms with van der Waals surface area (Å²) in [5.41, 5.74) is 4.39. The highest BCUT2D eigenvalue weighted by Crippen LogP contribution is 2.19. The van der Waals surface area contributed by atoms with Crippen LogP contribution >= 0.6 is 0 Å². The van der Waals surface area contributed by atoms with Gasteiger partial charge in [-0.05, 0) is 43.7 Å². The zero-order valence-corrected chi connectivity index (χ0v) is 13.7. The molecule has 0 aliphatic rings. The quantitative estimate of drug-likeness (QED) is 0.890. The first-order valence-electron chi connectivity index (χ1n) is 7.78. The van der Waals surface area contributed by atoms with Crippen molar-refractivity contribution in [2.24, 2.45) is 11.8 Å². The Morgan fingerprint density at radius 2 is 1.57 bits per heavy atom. The molecule has 0 saturated heterocycles. The van der Waals surface area contributed by atoms with Crippen molar-refractivity contribution < 1.29 is 0 Å². The Morgan fingerprint density at radius 1 is 1.00 bits per heavy atom. The van der Waals surface area contributed by atoms with Gasteiger partial charge in [0, 0.05) is 11.3 Å². The lowest BCUT2D eigenvalue weighted by Crippen LogP contribution is -2.10. The van der Waals surface area contributed by atoms with Gasteiger partial charge in [-0.2, -0.15) is 0 Å². The van der Waals surface area contributed by atoms with E-state index < -0.39 is 0 Å². The molecule has 0 bridgehead atoms. The molecule has 0 unspecified atom stereocenters. The van der Waals surface area contributed by atoms with Crippen molar-refractivity contribution in [1.29, 1.82) is 0 Å². The van der Waals surface area contributed by atoms with Gasteiger partial charge in [-0.15, -0.1) is 0 Å². The van der Waals surface area contributed by atoms with Crippen LogP contribution in [0.5, 0.6) is 0 Å². The Labute approximate surface area is 127 Å². The molecule has 3 heteroatoms. The number of hydrogen-bond acceptors (Lipinski definition) is 1. The number of nitrogens with zero attached hydrogens (tertiary/aromatic N) is 1. The molecule has 114 valence electrons. The van der Waals surface area contributed by atoms with Crippen LogP contribution in [0.4, 0.5) is 0 Å². The summed E-state index contributed by atoms with van der Waals surface area (Å²) in [5.74, 6) is 0.994. The smallest absolute Gasteiger partial charge is 0.267 e. The Morgan fingerprint density at radius 3 is 2.10 bits per heavy atom. The van der Waals surface area contributed by atoms with Gasteiger partial charge in [0.2, 0.25) is 0 Å². The van der Waals surface area contributed by atoms with Gasteiger partial charge in [-0.25, -0.2) is 0 Å². The number of aromatic nitrogens is 2. The zero-order valence-electron chi connectivity index (χ0n) is 13.7. The van der Waals surface area contributed by atoms with Gasteiger partial charge in [-0.1, -0.05) is 45.4 Å². The van der Waals surface area contributed by atoms with Crippen molar-refractivity contribution in [3.05, 3.63) is 51.4 Å². The highest BCUT2D eigenvalue weighted by Gasteiger charge is 2.17. The van der Waals surface area contributed by atoms with E-state index in [0.717, 1.165) is 29.8 Å². The van der Waals surface area contributed by atoms with Crippen LogP contribution in [0.25, 0.3) is 5.69 Å². The maximum absolute atomic E-state index is 12.3.